The molecule has 2 aromatic rings. The third-order valence-corrected chi connectivity index (χ3v) is 2.89. The standard InChI is InChI=1S/C13H15N3O3/c1-3-8(2)9-7-11(19-16-9)13(18)15-12-10(17)5-4-6-14-12/h4-8,17H,3H2,1-2H3,(H,14,15,18)/t8-/m0/s1. The Labute approximate surface area is 110 Å². The minimum Gasteiger partial charge on any atom is -0.504 e. The molecule has 2 heterocycles. The fourth-order valence-corrected chi connectivity index (χ4v) is 1.50. The highest BCUT2D eigenvalue weighted by atomic mass is 16.5. The van der Waals surface area contributed by atoms with Crippen molar-refractivity contribution in [2.24, 2.45) is 0 Å². The molecule has 0 unspecified atom stereocenters. The van der Waals surface area contributed by atoms with Gasteiger partial charge in [-0.25, -0.2) is 4.98 Å². The lowest BCUT2D eigenvalue weighted by Gasteiger charge is -2.03. The van der Waals surface area contributed by atoms with Gasteiger partial charge >= 0.3 is 0 Å². The van der Waals surface area contributed by atoms with Crippen molar-refractivity contribution in [2.45, 2.75) is 26.2 Å². The van der Waals surface area contributed by atoms with E-state index < -0.39 is 5.91 Å². The molecule has 0 bridgehead atoms. The summed E-state index contributed by atoms with van der Waals surface area (Å²) in [4.78, 5) is 15.8. The second-order valence-electron chi connectivity index (χ2n) is 4.25. The minimum absolute atomic E-state index is 0.0917. The van der Waals surface area contributed by atoms with E-state index in [4.69, 9.17) is 4.52 Å². The summed E-state index contributed by atoms with van der Waals surface area (Å²) in [6.45, 7) is 4.04. The van der Waals surface area contributed by atoms with Crippen molar-refractivity contribution in [1.29, 1.82) is 0 Å². The van der Waals surface area contributed by atoms with E-state index in [0.717, 1.165) is 12.1 Å². The van der Waals surface area contributed by atoms with Crippen LogP contribution in [0.4, 0.5) is 5.82 Å². The van der Waals surface area contributed by atoms with Crippen LogP contribution in [0.5, 0.6) is 5.75 Å². The van der Waals surface area contributed by atoms with Crippen LogP contribution < -0.4 is 5.32 Å². The summed E-state index contributed by atoms with van der Waals surface area (Å²) in [5, 5.41) is 15.8. The highest BCUT2D eigenvalue weighted by molar-refractivity contribution is 6.02. The highest BCUT2D eigenvalue weighted by Crippen LogP contribution is 2.21. The average molecular weight is 261 g/mol. The van der Waals surface area contributed by atoms with Gasteiger partial charge in [-0.3, -0.25) is 4.79 Å². The molecular weight excluding hydrogens is 246 g/mol. The number of amides is 1. The molecule has 0 spiro atoms. The zero-order valence-corrected chi connectivity index (χ0v) is 10.8. The minimum atomic E-state index is -0.490. The van der Waals surface area contributed by atoms with E-state index in [2.05, 4.69) is 15.5 Å². The predicted molar refractivity (Wildman–Crippen MR) is 69.1 cm³/mol. The van der Waals surface area contributed by atoms with Gasteiger partial charge in [-0.05, 0) is 18.6 Å². The Morgan fingerprint density at radius 2 is 2.37 bits per heavy atom. The monoisotopic (exact) mass is 261 g/mol. The maximum atomic E-state index is 11.9. The molecule has 0 aliphatic carbocycles. The van der Waals surface area contributed by atoms with E-state index in [9.17, 15) is 9.90 Å². The molecule has 6 heteroatoms. The summed E-state index contributed by atoms with van der Waals surface area (Å²) in [7, 11) is 0. The van der Waals surface area contributed by atoms with Gasteiger partial charge in [0, 0.05) is 18.2 Å². The van der Waals surface area contributed by atoms with Gasteiger partial charge < -0.3 is 14.9 Å². The first-order valence-corrected chi connectivity index (χ1v) is 6.03. The first kappa shape index (κ1) is 13.1. The third kappa shape index (κ3) is 2.90. The van der Waals surface area contributed by atoms with Crippen LogP contribution in [0.3, 0.4) is 0 Å². The van der Waals surface area contributed by atoms with E-state index in [1.165, 1.54) is 12.3 Å². The lowest BCUT2D eigenvalue weighted by atomic mass is 10.1. The largest absolute Gasteiger partial charge is 0.504 e. The molecule has 6 nitrogen and oxygen atoms in total. The summed E-state index contributed by atoms with van der Waals surface area (Å²) in [5.41, 5.74) is 0.734. The molecule has 1 amide bonds. The van der Waals surface area contributed by atoms with Crippen LogP contribution in [-0.2, 0) is 0 Å². The van der Waals surface area contributed by atoms with Gasteiger partial charge in [0.05, 0.1) is 5.69 Å². The van der Waals surface area contributed by atoms with Crippen LogP contribution >= 0.6 is 0 Å². The fraction of sp³-hybridized carbons (Fsp3) is 0.308. The van der Waals surface area contributed by atoms with Crippen LogP contribution in [-0.4, -0.2) is 21.2 Å². The first-order valence-electron chi connectivity index (χ1n) is 6.03. The number of nitrogens with one attached hydrogen (secondary N) is 1. The van der Waals surface area contributed by atoms with Crippen molar-refractivity contribution in [3.05, 3.63) is 35.9 Å². The summed E-state index contributed by atoms with van der Waals surface area (Å²) in [6.07, 6.45) is 2.38. The number of pyridine rings is 1. The van der Waals surface area contributed by atoms with Crippen LogP contribution in [0.2, 0.25) is 0 Å². The van der Waals surface area contributed by atoms with Gasteiger partial charge in [0.2, 0.25) is 5.76 Å². The van der Waals surface area contributed by atoms with Crippen molar-refractivity contribution in [3.63, 3.8) is 0 Å². The van der Waals surface area contributed by atoms with Gasteiger partial charge in [-0.15, -0.1) is 0 Å². The van der Waals surface area contributed by atoms with Gasteiger partial charge in [0.1, 0.15) is 0 Å². The molecule has 0 aromatic carbocycles. The van der Waals surface area contributed by atoms with Crippen LogP contribution in [0.15, 0.2) is 28.9 Å². The topological polar surface area (TPSA) is 88.2 Å². The van der Waals surface area contributed by atoms with E-state index in [1.54, 1.807) is 12.1 Å². The van der Waals surface area contributed by atoms with Crippen molar-refractivity contribution < 1.29 is 14.4 Å². The van der Waals surface area contributed by atoms with Crippen LogP contribution in [0, 0.1) is 0 Å². The SMILES string of the molecule is CC[C@H](C)c1cc(C(=O)Nc2ncccc2O)on1. The number of hydrogen-bond donors (Lipinski definition) is 2. The number of hydrogen-bond acceptors (Lipinski definition) is 5. The molecule has 0 aliphatic heterocycles. The molecule has 1 atom stereocenters. The fourth-order valence-electron chi connectivity index (χ4n) is 1.50. The number of aromatic hydroxyl groups is 1. The average Bonchev–Trinajstić information content (AvgIpc) is 2.90. The molecule has 2 rings (SSSR count). The molecule has 0 radical (unpaired) electrons. The van der Waals surface area contributed by atoms with Gasteiger partial charge in [0.25, 0.3) is 5.91 Å². The number of carbonyl (C=O) groups is 1. The zero-order valence-electron chi connectivity index (χ0n) is 10.8. The number of aromatic nitrogens is 2. The van der Waals surface area contributed by atoms with E-state index in [1.807, 2.05) is 13.8 Å². The van der Waals surface area contributed by atoms with Crippen molar-refractivity contribution in [1.82, 2.24) is 10.1 Å². The van der Waals surface area contributed by atoms with Gasteiger partial charge in [-0.1, -0.05) is 19.0 Å². The Kier molecular flexibility index (Phi) is 3.79. The predicted octanol–water partition coefficient (Wildman–Crippen LogP) is 2.54. The smallest absolute Gasteiger partial charge is 0.295 e. The number of nitrogens with zero attached hydrogens (tertiary/aromatic N) is 2. The van der Waals surface area contributed by atoms with Gasteiger partial charge in [-0.2, -0.15) is 0 Å². The summed E-state index contributed by atoms with van der Waals surface area (Å²) in [6, 6.07) is 4.61. The molecule has 2 aromatic heterocycles. The van der Waals surface area contributed by atoms with Gasteiger partial charge in [0.15, 0.2) is 11.6 Å². The Balaban J connectivity index is 2.12. The lowest BCUT2D eigenvalue weighted by Crippen LogP contribution is -2.12. The van der Waals surface area contributed by atoms with Crippen LogP contribution in [0.1, 0.15) is 42.4 Å². The molecule has 19 heavy (non-hydrogen) atoms. The molecule has 0 saturated heterocycles. The highest BCUT2D eigenvalue weighted by Gasteiger charge is 2.17. The Bertz CT molecular complexity index is 580. The number of rotatable bonds is 4. The molecule has 0 fully saturated rings. The quantitative estimate of drug-likeness (QED) is 0.882. The lowest BCUT2D eigenvalue weighted by molar-refractivity contribution is 0.0987. The molecule has 0 aliphatic rings. The molecule has 2 N–H and O–H groups in total. The Morgan fingerprint density at radius 1 is 1.58 bits per heavy atom. The Morgan fingerprint density at radius 3 is 3.05 bits per heavy atom. The van der Waals surface area contributed by atoms with Crippen molar-refractivity contribution in [3.8, 4) is 5.75 Å². The summed E-state index contributed by atoms with van der Waals surface area (Å²) >= 11 is 0. The van der Waals surface area contributed by atoms with E-state index in [-0.39, 0.29) is 23.2 Å². The summed E-state index contributed by atoms with van der Waals surface area (Å²) in [5.74, 6) is -0.170. The maximum absolute atomic E-state index is 11.9. The van der Waals surface area contributed by atoms with Crippen molar-refractivity contribution in [2.75, 3.05) is 5.32 Å². The normalized spacial score (nSPS) is 12.1. The van der Waals surface area contributed by atoms with Crippen molar-refractivity contribution >= 4 is 11.7 Å². The second kappa shape index (κ2) is 5.51. The zero-order chi connectivity index (χ0) is 13.8. The van der Waals surface area contributed by atoms with E-state index >= 15 is 0 Å². The number of anilines is 1. The second-order valence-corrected chi connectivity index (χ2v) is 4.25. The maximum Gasteiger partial charge on any atom is 0.295 e. The number of carbonyl (C=O) groups excluding carboxylic acids is 1. The molecule has 100 valence electrons. The summed E-state index contributed by atoms with van der Waals surface area (Å²) < 4.78 is 4.99. The first-order chi connectivity index (χ1) is 9.11. The Hall–Kier alpha value is -2.37. The van der Waals surface area contributed by atoms with Crippen LogP contribution in [0.25, 0.3) is 0 Å². The van der Waals surface area contributed by atoms with E-state index in [0.29, 0.717) is 0 Å². The third-order valence-electron chi connectivity index (χ3n) is 2.89. The molecular formula is C13H15N3O3. The molecule has 0 saturated carbocycles.